The summed E-state index contributed by atoms with van der Waals surface area (Å²) in [6.45, 7) is 3.41. The van der Waals surface area contributed by atoms with Gasteiger partial charge < -0.3 is 5.11 Å². The highest BCUT2D eigenvalue weighted by molar-refractivity contribution is 7.90. The first-order valence-electron chi connectivity index (χ1n) is 4.44. The highest BCUT2D eigenvalue weighted by Gasteiger charge is 2.45. The normalized spacial score (nSPS) is 23.6. The largest absolute Gasteiger partial charge is 0.387 e. The molecule has 1 atom stereocenters. The van der Waals surface area contributed by atoms with Gasteiger partial charge in [0, 0.05) is 13.1 Å². The molecular formula is C8H14N2O3S. The Bertz CT molecular complexity index is 347. The summed E-state index contributed by atoms with van der Waals surface area (Å²) in [5, 5.41) is 17.0. The SMILES string of the molecule is CCC(C#N)S(=O)(=O)N1CC(C)(O)C1. The Morgan fingerprint density at radius 2 is 2.14 bits per heavy atom. The number of nitriles is 1. The average molecular weight is 218 g/mol. The highest BCUT2D eigenvalue weighted by Crippen LogP contribution is 2.26. The molecule has 1 fully saturated rings. The molecule has 0 aromatic carbocycles. The van der Waals surface area contributed by atoms with E-state index in [9.17, 15) is 13.5 Å². The molecule has 5 nitrogen and oxygen atoms in total. The number of nitrogens with zero attached hydrogens (tertiary/aromatic N) is 2. The smallest absolute Gasteiger partial charge is 0.230 e. The Kier molecular flexibility index (Phi) is 2.86. The minimum Gasteiger partial charge on any atom is -0.387 e. The van der Waals surface area contributed by atoms with Crippen molar-refractivity contribution in [2.45, 2.75) is 31.1 Å². The summed E-state index contributed by atoms with van der Waals surface area (Å²) in [7, 11) is -3.52. The topological polar surface area (TPSA) is 81.4 Å². The first-order chi connectivity index (χ1) is 6.33. The van der Waals surface area contributed by atoms with Gasteiger partial charge in [0.05, 0.1) is 11.7 Å². The fraction of sp³-hybridized carbons (Fsp3) is 0.875. The van der Waals surface area contributed by atoms with Gasteiger partial charge in [-0.05, 0) is 13.3 Å². The number of rotatable bonds is 3. The van der Waals surface area contributed by atoms with Crippen LogP contribution in [-0.4, -0.2) is 41.8 Å². The molecule has 1 N–H and O–H groups in total. The lowest BCUT2D eigenvalue weighted by Crippen LogP contribution is -2.63. The first-order valence-corrected chi connectivity index (χ1v) is 5.95. The van der Waals surface area contributed by atoms with Crippen molar-refractivity contribution in [1.29, 1.82) is 5.26 Å². The van der Waals surface area contributed by atoms with E-state index in [0.29, 0.717) is 0 Å². The Hall–Kier alpha value is -0.640. The molecule has 0 bridgehead atoms. The Balaban J connectivity index is 2.75. The molecule has 1 aliphatic rings. The molecule has 0 aliphatic carbocycles. The van der Waals surface area contributed by atoms with Crippen molar-refractivity contribution in [2.75, 3.05) is 13.1 Å². The quantitative estimate of drug-likeness (QED) is 0.704. The van der Waals surface area contributed by atoms with Crippen molar-refractivity contribution in [3.8, 4) is 6.07 Å². The van der Waals surface area contributed by atoms with E-state index in [4.69, 9.17) is 5.26 Å². The van der Waals surface area contributed by atoms with Gasteiger partial charge in [-0.15, -0.1) is 0 Å². The van der Waals surface area contributed by atoms with Crippen molar-refractivity contribution in [3.05, 3.63) is 0 Å². The molecule has 0 saturated carbocycles. The molecule has 1 rings (SSSR count). The lowest BCUT2D eigenvalue weighted by molar-refractivity contribution is -0.0428. The van der Waals surface area contributed by atoms with Crippen molar-refractivity contribution >= 4 is 10.0 Å². The molecule has 0 aromatic heterocycles. The molecule has 0 aromatic rings. The third kappa shape index (κ3) is 1.90. The maximum Gasteiger partial charge on any atom is 0.230 e. The summed E-state index contributed by atoms with van der Waals surface area (Å²) in [5.41, 5.74) is -0.930. The zero-order valence-electron chi connectivity index (χ0n) is 8.27. The molecule has 1 heterocycles. The number of hydrogen-bond acceptors (Lipinski definition) is 4. The second kappa shape index (κ2) is 3.50. The minimum absolute atomic E-state index is 0.0908. The summed E-state index contributed by atoms with van der Waals surface area (Å²) < 4.78 is 24.5. The van der Waals surface area contributed by atoms with Crippen LogP contribution in [0.2, 0.25) is 0 Å². The number of β-amino-alcohol motifs (C(OH)–C–C–N with tert-alkyl or cyclic N) is 1. The van der Waals surface area contributed by atoms with E-state index in [-0.39, 0.29) is 19.5 Å². The van der Waals surface area contributed by atoms with E-state index >= 15 is 0 Å². The Labute approximate surface area is 84.0 Å². The Morgan fingerprint density at radius 1 is 1.64 bits per heavy atom. The molecular weight excluding hydrogens is 204 g/mol. The van der Waals surface area contributed by atoms with Crippen LogP contribution in [0.1, 0.15) is 20.3 Å². The highest BCUT2D eigenvalue weighted by atomic mass is 32.2. The second-order valence-corrected chi connectivity index (χ2v) is 5.95. The number of aliphatic hydroxyl groups is 1. The van der Waals surface area contributed by atoms with Crippen LogP contribution in [0.3, 0.4) is 0 Å². The summed E-state index contributed by atoms with van der Waals surface area (Å²) in [6, 6.07) is 1.76. The zero-order chi connectivity index (χ0) is 11.0. The maximum atomic E-state index is 11.7. The molecule has 1 aliphatic heterocycles. The molecule has 14 heavy (non-hydrogen) atoms. The summed E-state index contributed by atoms with van der Waals surface area (Å²) in [6.07, 6.45) is 0.275. The van der Waals surface area contributed by atoms with Crippen LogP contribution in [0.5, 0.6) is 0 Å². The minimum atomic E-state index is -3.52. The summed E-state index contributed by atoms with van der Waals surface area (Å²) in [4.78, 5) is 0. The second-order valence-electron chi connectivity index (χ2n) is 3.84. The van der Waals surface area contributed by atoms with Gasteiger partial charge in [-0.25, -0.2) is 8.42 Å². The Morgan fingerprint density at radius 3 is 2.43 bits per heavy atom. The molecule has 0 amide bonds. The number of sulfonamides is 1. The van der Waals surface area contributed by atoms with Crippen LogP contribution in [-0.2, 0) is 10.0 Å². The summed E-state index contributed by atoms with van der Waals surface area (Å²) >= 11 is 0. The van der Waals surface area contributed by atoms with Gasteiger partial charge in [-0.3, -0.25) is 0 Å². The lowest BCUT2D eigenvalue weighted by atomic mass is 10.0. The van der Waals surface area contributed by atoms with Crippen LogP contribution in [0.4, 0.5) is 0 Å². The third-order valence-electron chi connectivity index (χ3n) is 2.27. The van der Waals surface area contributed by atoms with Crippen molar-refractivity contribution in [1.82, 2.24) is 4.31 Å². The lowest BCUT2D eigenvalue weighted by Gasteiger charge is -2.43. The molecule has 1 saturated heterocycles. The van der Waals surface area contributed by atoms with E-state index in [2.05, 4.69) is 0 Å². The van der Waals surface area contributed by atoms with E-state index in [1.807, 2.05) is 0 Å². The monoisotopic (exact) mass is 218 g/mol. The van der Waals surface area contributed by atoms with Gasteiger partial charge in [0.1, 0.15) is 0 Å². The average Bonchev–Trinajstić information content (AvgIpc) is 2.01. The van der Waals surface area contributed by atoms with Crippen LogP contribution in [0.25, 0.3) is 0 Å². The third-order valence-corrected chi connectivity index (χ3v) is 4.40. The molecule has 0 radical (unpaired) electrons. The van der Waals surface area contributed by atoms with Gasteiger partial charge in [0.2, 0.25) is 10.0 Å². The van der Waals surface area contributed by atoms with Crippen LogP contribution >= 0.6 is 0 Å². The molecule has 0 spiro atoms. The van der Waals surface area contributed by atoms with E-state index in [0.717, 1.165) is 4.31 Å². The van der Waals surface area contributed by atoms with Crippen molar-refractivity contribution < 1.29 is 13.5 Å². The zero-order valence-corrected chi connectivity index (χ0v) is 9.08. The number of hydrogen-bond donors (Lipinski definition) is 1. The van der Waals surface area contributed by atoms with Crippen LogP contribution in [0, 0.1) is 11.3 Å². The van der Waals surface area contributed by atoms with Crippen molar-refractivity contribution in [2.24, 2.45) is 0 Å². The standard InChI is InChI=1S/C8H14N2O3S/c1-3-7(4-9)14(12,13)10-5-8(2,11)6-10/h7,11H,3,5-6H2,1-2H3. The summed E-state index contributed by atoms with van der Waals surface area (Å²) in [5.74, 6) is 0. The van der Waals surface area contributed by atoms with Crippen molar-refractivity contribution in [3.63, 3.8) is 0 Å². The first kappa shape index (κ1) is 11.4. The van der Waals surface area contributed by atoms with Gasteiger partial charge in [-0.2, -0.15) is 9.57 Å². The van der Waals surface area contributed by atoms with Gasteiger partial charge in [0.15, 0.2) is 5.25 Å². The molecule has 1 unspecified atom stereocenters. The van der Waals surface area contributed by atoms with E-state index in [1.54, 1.807) is 19.9 Å². The van der Waals surface area contributed by atoms with Gasteiger partial charge >= 0.3 is 0 Å². The van der Waals surface area contributed by atoms with Gasteiger partial charge in [0.25, 0.3) is 0 Å². The van der Waals surface area contributed by atoms with Gasteiger partial charge in [-0.1, -0.05) is 6.92 Å². The predicted octanol–water partition coefficient (Wildman–Crippen LogP) is -0.315. The van der Waals surface area contributed by atoms with Crippen LogP contribution in [0.15, 0.2) is 0 Å². The van der Waals surface area contributed by atoms with Crippen LogP contribution < -0.4 is 0 Å². The van der Waals surface area contributed by atoms with E-state index < -0.39 is 20.9 Å². The fourth-order valence-corrected chi connectivity index (χ4v) is 3.27. The maximum absolute atomic E-state index is 11.7. The van der Waals surface area contributed by atoms with E-state index in [1.165, 1.54) is 0 Å². The fourth-order valence-electron chi connectivity index (χ4n) is 1.44. The predicted molar refractivity (Wildman–Crippen MR) is 50.8 cm³/mol. The molecule has 80 valence electrons. The molecule has 6 heteroatoms.